The molecule has 2 aromatic rings. The van der Waals surface area contributed by atoms with E-state index in [4.69, 9.17) is 4.42 Å². The van der Waals surface area contributed by atoms with E-state index in [9.17, 15) is 13.2 Å². The average molecular weight is 340 g/mol. The highest BCUT2D eigenvalue weighted by molar-refractivity contribution is 5.49. The van der Waals surface area contributed by atoms with Crippen molar-refractivity contribution in [2.45, 2.75) is 26.1 Å². The van der Waals surface area contributed by atoms with Gasteiger partial charge in [0.05, 0.1) is 12.1 Å². The van der Waals surface area contributed by atoms with Crippen LogP contribution in [0.2, 0.25) is 0 Å². The minimum Gasteiger partial charge on any atom is -0.424 e. The molecule has 0 spiro atoms. The third-order valence-corrected chi connectivity index (χ3v) is 4.08. The van der Waals surface area contributed by atoms with E-state index in [0.717, 1.165) is 19.2 Å². The summed E-state index contributed by atoms with van der Waals surface area (Å²) in [6.45, 7) is 5.32. The number of hydrogen-bond donors (Lipinski definition) is 0. The molecule has 0 amide bonds. The number of alkyl halides is 3. The zero-order valence-electron chi connectivity index (χ0n) is 13.4. The van der Waals surface area contributed by atoms with E-state index < -0.39 is 11.7 Å². The Bertz CT molecular complexity index is 678. The Morgan fingerprint density at radius 1 is 1.08 bits per heavy atom. The van der Waals surface area contributed by atoms with Gasteiger partial charge >= 0.3 is 6.18 Å². The van der Waals surface area contributed by atoms with Crippen molar-refractivity contribution in [1.82, 2.24) is 15.1 Å². The Morgan fingerprint density at radius 2 is 1.79 bits per heavy atom. The predicted molar refractivity (Wildman–Crippen MR) is 82.6 cm³/mol. The van der Waals surface area contributed by atoms with Crippen LogP contribution in [0.5, 0.6) is 0 Å². The molecule has 0 saturated carbocycles. The van der Waals surface area contributed by atoms with Crippen LogP contribution in [-0.4, -0.2) is 41.3 Å². The van der Waals surface area contributed by atoms with Crippen LogP contribution in [-0.2, 0) is 19.1 Å². The second-order valence-electron chi connectivity index (χ2n) is 5.75. The van der Waals surface area contributed by atoms with Gasteiger partial charge in [-0.15, -0.1) is 10.2 Å². The van der Waals surface area contributed by atoms with E-state index in [1.807, 2.05) is 11.8 Å². The van der Waals surface area contributed by atoms with Gasteiger partial charge in [-0.05, 0) is 18.2 Å². The van der Waals surface area contributed by atoms with Gasteiger partial charge in [-0.2, -0.15) is 13.2 Å². The topological polar surface area (TPSA) is 45.4 Å². The number of benzene rings is 1. The minimum atomic E-state index is -4.31. The lowest BCUT2D eigenvalue weighted by Crippen LogP contribution is -2.46. The standard InChI is InChI=1S/C16H19F3N4O/c1-2-14-20-21-15(24-14)11-22-6-8-23(9-7-22)13-5-3-4-12(10-13)16(17,18)19/h3-5,10H,2,6-9,11H2,1H3. The van der Waals surface area contributed by atoms with Crippen molar-refractivity contribution in [3.05, 3.63) is 41.6 Å². The largest absolute Gasteiger partial charge is 0.424 e. The van der Waals surface area contributed by atoms with Crippen LogP contribution >= 0.6 is 0 Å². The average Bonchev–Trinajstić information content (AvgIpc) is 3.02. The molecular weight excluding hydrogens is 321 g/mol. The molecule has 1 aliphatic rings. The third-order valence-electron chi connectivity index (χ3n) is 4.08. The minimum absolute atomic E-state index is 0.573. The summed E-state index contributed by atoms with van der Waals surface area (Å²) in [4.78, 5) is 4.13. The first-order chi connectivity index (χ1) is 11.5. The van der Waals surface area contributed by atoms with E-state index in [0.29, 0.717) is 43.5 Å². The molecule has 2 heterocycles. The van der Waals surface area contributed by atoms with Crippen LogP contribution in [0.4, 0.5) is 18.9 Å². The first-order valence-corrected chi connectivity index (χ1v) is 7.91. The summed E-state index contributed by atoms with van der Waals surface area (Å²) in [6, 6.07) is 5.48. The lowest BCUT2D eigenvalue weighted by molar-refractivity contribution is -0.137. The zero-order chi connectivity index (χ0) is 17.2. The van der Waals surface area contributed by atoms with E-state index in [2.05, 4.69) is 15.1 Å². The van der Waals surface area contributed by atoms with Gasteiger partial charge < -0.3 is 9.32 Å². The lowest BCUT2D eigenvalue weighted by atomic mass is 10.1. The molecule has 0 radical (unpaired) electrons. The van der Waals surface area contributed by atoms with Crippen LogP contribution in [0.1, 0.15) is 24.3 Å². The number of piperazine rings is 1. The monoisotopic (exact) mass is 340 g/mol. The van der Waals surface area contributed by atoms with Gasteiger partial charge in [0.15, 0.2) is 0 Å². The third kappa shape index (κ3) is 3.87. The number of anilines is 1. The summed E-state index contributed by atoms with van der Waals surface area (Å²) >= 11 is 0. The molecule has 0 atom stereocenters. The molecule has 0 bridgehead atoms. The van der Waals surface area contributed by atoms with Crippen LogP contribution < -0.4 is 4.90 Å². The van der Waals surface area contributed by atoms with E-state index in [-0.39, 0.29) is 0 Å². The van der Waals surface area contributed by atoms with Gasteiger partial charge in [0.1, 0.15) is 0 Å². The van der Waals surface area contributed by atoms with Crippen molar-refractivity contribution in [1.29, 1.82) is 0 Å². The predicted octanol–water partition coefficient (Wildman–Crippen LogP) is 2.97. The van der Waals surface area contributed by atoms with Crippen molar-refractivity contribution in [3.8, 4) is 0 Å². The molecule has 1 aromatic carbocycles. The molecule has 5 nitrogen and oxygen atoms in total. The van der Waals surface area contributed by atoms with Gasteiger partial charge in [-0.3, -0.25) is 4.90 Å². The summed E-state index contributed by atoms with van der Waals surface area (Å²) in [5.74, 6) is 1.20. The molecule has 0 unspecified atom stereocenters. The number of nitrogens with zero attached hydrogens (tertiary/aromatic N) is 4. The highest BCUT2D eigenvalue weighted by atomic mass is 19.4. The number of aromatic nitrogens is 2. The molecular formula is C16H19F3N4O. The molecule has 0 aliphatic carbocycles. The fourth-order valence-electron chi connectivity index (χ4n) is 2.73. The van der Waals surface area contributed by atoms with Gasteiger partial charge in [-0.25, -0.2) is 0 Å². The number of aryl methyl sites for hydroxylation is 1. The molecule has 0 N–H and O–H groups in total. The number of halogens is 3. The first kappa shape index (κ1) is 16.8. The summed E-state index contributed by atoms with van der Waals surface area (Å²) in [6.07, 6.45) is -3.61. The maximum Gasteiger partial charge on any atom is 0.416 e. The Kier molecular flexibility index (Phi) is 4.75. The van der Waals surface area contributed by atoms with E-state index >= 15 is 0 Å². The van der Waals surface area contributed by atoms with E-state index in [1.54, 1.807) is 6.07 Å². The number of rotatable bonds is 4. The molecule has 130 valence electrons. The number of hydrogen-bond acceptors (Lipinski definition) is 5. The Balaban J connectivity index is 1.59. The first-order valence-electron chi connectivity index (χ1n) is 7.91. The highest BCUT2D eigenvalue weighted by Gasteiger charge is 2.31. The molecule has 3 rings (SSSR count). The molecule has 1 fully saturated rings. The van der Waals surface area contributed by atoms with Crippen molar-refractivity contribution in [3.63, 3.8) is 0 Å². The van der Waals surface area contributed by atoms with Crippen molar-refractivity contribution >= 4 is 5.69 Å². The highest BCUT2D eigenvalue weighted by Crippen LogP contribution is 2.31. The SMILES string of the molecule is CCc1nnc(CN2CCN(c3cccc(C(F)(F)F)c3)CC2)o1. The second kappa shape index (κ2) is 6.80. The lowest BCUT2D eigenvalue weighted by Gasteiger charge is -2.35. The molecule has 8 heteroatoms. The second-order valence-corrected chi connectivity index (χ2v) is 5.75. The summed E-state index contributed by atoms with van der Waals surface area (Å²) < 4.78 is 44.0. The Labute approximate surface area is 138 Å². The Morgan fingerprint density at radius 3 is 2.42 bits per heavy atom. The molecule has 1 saturated heterocycles. The van der Waals surface area contributed by atoms with Crippen molar-refractivity contribution in [2.75, 3.05) is 31.1 Å². The van der Waals surface area contributed by atoms with Crippen LogP contribution in [0, 0.1) is 0 Å². The smallest absolute Gasteiger partial charge is 0.416 e. The van der Waals surface area contributed by atoms with Gasteiger partial charge in [0.25, 0.3) is 0 Å². The molecule has 24 heavy (non-hydrogen) atoms. The summed E-state index contributed by atoms with van der Waals surface area (Å²) in [5, 5.41) is 7.94. The van der Waals surface area contributed by atoms with Crippen LogP contribution in [0.25, 0.3) is 0 Å². The fourth-order valence-corrected chi connectivity index (χ4v) is 2.73. The van der Waals surface area contributed by atoms with Crippen molar-refractivity contribution in [2.24, 2.45) is 0 Å². The fraction of sp³-hybridized carbons (Fsp3) is 0.500. The summed E-state index contributed by atoms with van der Waals surface area (Å²) in [5.41, 5.74) is -0.00378. The van der Waals surface area contributed by atoms with Gasteiger partial charge in [0.2, 0.25) is 11.8 Å². The Hall–Kier alpha value is -2.09. The molecule has 1 aromatic heterocycles. The van der Waals surface area contributed by atoms with E-state index in [1.165, 1.54) is 12.1 Å². The van der Waals surface area contributed by atoms with Gasteiger partial charge in [0, 0.05) is 38.3 Å². The zero-order valence-corrected chi connectivity index (χ0v) is 13.4. The van der Waals surface area contributed by atoms with Crippen LogP contribution in [0.15, 0.2) is 28.7 Å². The maximum atomic E-state index is 12.8. The van der Waals surface area contributed by atoms with Gasteiger partial charge in [-0.1, -0.05) is 13.0 Å². The quantitative estimate of drug-likeness (QED) is 0.856. The normalized spacial score (nSPS) is 16.6. The van der Waals surface area contributed by atoms with Crippen LogP contribution in [0.3, 0.4) is 0 Å². The maximum absolute atomic E-state index is 12.8. The molecule has 1 aliphatic heterocycles. The summed E-state index contributed by atoms with van der Waals surface area (Å²) in [7, 11) is 0. The van der Waals surface area contributed by atoms with Crippen molar-refractivity contribution < 1.29 is 17.6 Å².